The molecule has 1 amide bonds. The molecule has 1 aromatic heterocycles. The number of nitrogens with zero attached hydrogens (tertiary/aromatic N) is 3. The Labute approximate surface area is 164 Å². The minimum atomic E-state index is -0.203. The number of carbonyl (C=O) groups is 1. The molecule has 1 saturated heterocycles. The molecule has 28 heavy (non-hydrogen) atoms. The first-order valence-corrected chi connectivity index (χ1v) is 9.62. The van der Waals surface area contributed by atoms with Crippen LogP contribution >= 0.6 is 0 Å². The van der Waals surface area contributed by atoms with Gasteiger partial charge >= 0.3 is 0 Å². The first-order valence-electron chi connectivity index (χ1n) is 9.62. The SMILES string of the molecule is COc1cccc(C(CNC(=O)c2cnc3ccccc3n2)N2CCCC2)c1. The van der Waals surface area contributed by atoms with Crippen LogP contribution in [0.25, 0.3) is 11.0 Å². The molecule has 0 spiro atoms. The Kier molecular flexibility index (Phi) is 5.48. The lowest BCUT2D eigenvalue weighted by Gasteiger charge is -2.28. The molecule has 3 aromatic rings. The van der Waals surface area contributed by atoms with Crippen LogP contribution in [0, 0.1) is 0 Å². The Hall–Kier alpha value is -2.99. The number of para-hydroxylation sites is 2. The Morgan fingerprint density at radius 2 is 1.93 bits per heavy atom. The van der Waals surface area contributed by atoms with Crippen LogP contribution in [0.15, 0.2) is 54.7 Å². The number of nitrogens with one attached hydrogen (secondary N) is 1. The Morgan fingerprint density at radius 3 is 2.71 bits per heavy atom. The van der Waals surface area contributed by atoms with Crippen LogP contribution in [0.4, 0.5) is 0 Å². The minimum Gasteiger partial charge on any atom is -0.497 e. The van der Waals surface area contributed by atoms with Crippen molar-refractivity contribution in [2.45, 2.75) is 18.9 Å². The number of carbonyl (C=O) groups excluding carboxylic acids is 1. The summed E-state index contributed by atoms with van der Waals surface area (Å²) in [5, 5.41) is 3.05. The normalized spacial score (nSPS) is 15.5. The second-order valence-corrected chi connectivity index (χ2v) is 6.99. The summed E-state index contributed by atoms with van der Waals surface area (Å²) in [5.74, 6) is 0.624. The van der Waals surface area contributed by atoms with Gasteiger partial charge in [-0.05, 0) is 55.8 Å². The molecule has 2 aromatic carbocycles. The van der Waals surface area contributed by atoms with Gasteiger partial charge in [-0.25, -0.2) is 4.98 Å². The highest BCUT2D eigenvalue weighted by Gasteiger charge is 2.24. The van der Waals surface area contributed by atoms with Gasteiger partial charge in [0.15, 0.2) is 0 Å². The molecule has 1 unspecified atom stereocenters. The molecule has 0 saturated carbocycles. The number of hydrogen-bond acceptors (Lipinski definition) is 5. The summed E-state index contributed by atoms with van der Waals surface area (Å²) < 4.78 is 5.38. The lowest BCUT2D eigenvalue weighted by molar-refractivity contribution is 0.0933. The lowest BCUT2D eigenvalue weighted by Crippen LogP contribution is -2.37. The average molecular weight is 376 g/mol. The third kappa shape index (κ3) is 3.97. The van der Waals surface area contributed by atoms with E-state index in [4.69, 9.17) is 4.74 Å². The molecule has 1 N–H and O–H groups in total. The van der Waals surface area contributed by atoms with Crippen LogP contribution < -0.4 is 10.1 Å². The van der Waals surface area contributed by atoms with Crippen molar-refractivity contribution in [1.29, 1.82) is 0 Å². The summed E-state index contributed by atoms with van der Waals surface area (Å²) >= 11 is 0. The van der Waals surface area contributed by atoms with Crippen LogP contribution in [0.3, 0.4) is 0 Å². The van der Waals surface area contributed by atoms with E-state index >= 15 is 0 Å². The molecule has 1 fully saturated rings. The molecular weight excluding hydrogens is 352 g/mol. The number of hydrogen-bond donors (Lipinski definition) is 1. The number of aromatic nitrogens is 2. The van der Waals surface area contributed by atoms with Crippen molar-refractivity contribution in [1.82, 2.24) is 20.2 Å². The molecule has 0 aliphatic carbocycles. The van der Waals surface area contributed by atoms with E-state index in [1.54, 1.807) is 7.11 Å². The van der Waals surface area contributed by atoms with E-state index in [0.717, 1.165) is 35.4 Å². The number of amides is 1. The van der Waals surface area contributed by atoms with Gasteiger partial charge < -0.3 is 10.1 Å². The van der Waals surface area contributed by atoms with Gasteiger partial charge in [-0.3, -0.25) is 14.7 Å². The standard InChI is InChI=1S/C22H24N4O2/c1-28-17-8-6-7-16(13-17)21(26-11-4-5-12-26)15-24-22(27)20-14-23-18-9-2-3-10-19(18)25-20/h2-3,6-10,13-14,21H,4-5,11-12,15H2,1H3,(H,24,27). The second-order valence-electron chi connectivity index (χ2n) is 6.99. The first-order chi connectivity index (χ1) is 13.7. The summed E-state index contributed by atoms with van der Waals surface area (Å²) in [6, 6.07) is 15.7. The molecule has 0 bridgehead atoms. The van der Waals surface area contributed by atoms with E-state index in [1.807, 2.05) is 42.5 Å². The van der Waals surface area contributed by atoms with Crippen molar-refractivity contribution in [3.8, 4) is 5.75 Å². The van der Waals surface area contributed by atoms with Crippen molar-refractivity contribution in [3.63, 3.8) is 0 Å². The fourth-order valence-electron chi connectivity index (χ4n) is 3.71. The van der Waals surface area contributed by atoms with Crippen molar-refractivity contribution >= 4 is 16.9 Å². The summed E-state index contributed by atoms with van der Waals surface area (Å²) in [5.41, 5.74) is 2.99. The van der Waals surface area contributed by atoms with Gasteiger partial charge in [-0.2, -0.15) is 0 Å². The molecule has 0 radical (unpaired) electrons. The number of benzene rings is 2. The van der Waals surface area contributed by atoms with Crippen LogP contribution in [0.2, 0.25) is 0 Å². The average Bonchev–Trinajstić information content (AvgIpc) is 3.28. The largest absolute Gasteiger partial charge is 0.497 e. The monoisotopic (exact) mass is 376 g/mol. The van der Waals surface area contributed by atoms with Crippen LogP contribution in [-0.2, 0) is 0 Å². The van der Waals surface area contributed by atoms with Gasteiger partial charge in [-0.1, -0.05) is 24.3 Å². The maximum atomic E-state index is 12.7. The van der Waals surface area contributed by atoms with Crippen molar-refractivity contribution in [2.75, 3.05) is 26.7 Å². The Bertz CT molecular complexity index is 969. The second kappa shape index (κ2) is 8.35. The number of fused-ring (bicyclic) bond motifs is 1. The highest BCUT2D eigenvalue weighted by atomic mass is 16.5. The zero-order valence-electron chi connectivity index (χ0n) is 16.0. The Morgan fingerprint density at radius 1 is 1.14 bits per heavy atom. The fourth-order valence-corrected chi connectivity index (χ4v) is 3.71. The zero-order chi connectivity index (χ0) is 19.3. The molecule has 1 aliphatic heterocycles. The van der Waals surface area contributed by atoms with Crippen LogP contribution in [-0.4, -0.2) is 47.5 Å². The van der Waals surface area contributed by atoms with Gasteiger partial charge in [-0.15, -0.1) is 0 Å². The van der Waals surface area contributed by atoms with Gasteiger partial charge in [0.1, 0.15) is 11.4 Å². The number of ether oxygens (including phenoxy) is 1. The van der Waals surface area contributed by atoms with Crippen LogP contribution in [0.5, 0.6) is 5.75 Å². The summed E-state index contributed by atoms with van der Waals surface area (Å²) in [6.07, 6.45) is 3.91. The number of methoxy groups -OCH3 is 1. The third-order valence-electron chi connectivity index (χ3n) is 5.20. The molecule has 6 nitrogen and oxygen atoms in total. The number of rotatable bonds is 6. The van der Waals surface area contributed by atoms with E-state index in [9.17, 15) is 4.79 Å². The van der Waals surface area contributed by atoms with E-state index in [1.165, 1.54) is 19.0 Å². The summed E-state index contributed by atoms with van der Waals surface area (Å²) in [4.78, 5) is 23.9. The van der Waals surface area contributed by atoms with Crippen molar-refractivity contribution in [2.24, 2.45) is 0 Å². The molecule has 1 atom stereocenters. The van der Waals surface area contributed by atoms with Gasteiger partial charge in [0.25, 0.3) is 5.91 Å². The van der Waals surface area contributed by atoms with Crippen molar-refractivity contribution < 1.29 is 9.53 Å². The van der Waals surface area contributed by atoms with E-state index in [0.29, 0.717) is 12.2 Å². The smallest absolute Gasteiger partial charge is 0.271 e. The predicted molar refractivity (Wildman–Crippen MR) is 108 cm³/mol. The molecule has 6 heteroatoms. The first kappa shape index (κ1) is 18.4. The number of likely N-dealkylation sites (tertiary alicyclic amines) is 1. The van der Waals surface area contributed by atoms with E-state index in [-0.39, 0.29) is 11.9 Å². The molecule has 2 heterocycles. The maximum absolute atomic E-state index is 12.7. The highest BCUT2D eigenvalue weighted by Crippen LogP contribution is 2.27. The predicted octanol–water partition coefficient (Wildman–Crippen LogP) is 3.21. The fraction of sp³-hybridized carbons (Fsp3) is 0.318. The Balaban J connectivity index is 1.52. The van der Waals surface area contributed by atoms with E-state index < -0.39 is 0 Å². The topological polar surface area (TPSA) is 67.3 Å². The quantitative estimate of drug-likeness (QED) is 0.716. The van der Waals surface area contributed by atoms with Crippen molar-refractivity contribution in [3.05, 3.63) is 66.0 Å². The lowest BCUT2D eigenvalue weighted by atomic mass is 10.0. The summed E-state index contributed by atoms with van der Waals surface area (Å²) in [6.45, 7) is 2.58. The van der Waals surface area contributed by atoms with E-state index in [2.05, 4.69) is 26.3 Å². The highest BCUT2D eigenvalue weighted by molar-refractivity contribution is 5.93. The molecule has 144 valence electrons. The molecule has 4 rings (SSSR count). The molecule has 1 aliphatic rings. The summed E-state index contributed by atoms with van der Waals surface area (Å²) in [7, 11) is 1.67. The maximum Gasteiger partial charge on any atom is 0.271 e. The van der Waals surface area contributed by atoms with Gasteiger partial charge in [0.05, 0.1) is 30.4 Å². The third-order valence-corrected chi connectivity index (χ3v) is 5.20. The minimum absolute atomic E-state index is 0.106. The van der Waals surface area contributed by atoms with Gasteiger partial charge in [0.2, 0.25) is 0 Å². The van der Waals surface area contributed by atoms with Crippen LogP contribution in [0.1, 0.15) is 34.9 Å². The zero-order valence-corrected chi connectivity index (χ0v) is 16.0. The molecular formula is C22H24N4O2. The van der Waals surface area contributed by atoms with Gasteiger partial charge in [0, 0.05) is 6.54 Å².